The van der Waals surface area contributed by atoms with E-state index in [0.29, 0.717) is 12.1 Å². The van der Waals surface area contributed by atoms with E-state index in [1.165, 1.54) is 18.3 Å². The molecule has 1 spiro atoms. The van der Waals surface area contributed by atoms with Gasteiger partial charge in [-0.15, -0.1) is 0 Å². The second kappa shape index (κ2) is 11.2. The molecule has 11 heteroatoms. The van der Waals surface area contributed by atoms with E-state index in [-0.39, 0.29) is 23.9 Å². The Morgan fingerprint density at radius 1 is 1.11 bits per heavy atom. The van der Waals surface area contributed by atoms with Crippen molar-refractivity contribution in [3.8, 4) is 0 Å². The van der Waals surface area contributed by atoms with Gasteiger partial charge in [0.1, 0.15) is 6.04 Å². The zero-order valence-corrected chi connectivity index (χ0v) is 20.9. The first kappa shape index (κ1) is 27.2. The molecule has 0 saturated heterocycles. The maximum Gasteiger partial charge on any atom is 0.471 e. The van der Waals surface area contributed by atoms with Crippen LogP contribution in [0.1, 0.15) is 44.6 Å². The minimum Gasteiger partial charge on any atom is -0.464 e. The smallest absolute Gasteiger partial charge is 0.464 e. The monoisotopic (exact) mass is 530 g/mol. The Bertz CT molecular complexity index is 1220. The van der Waals surface area contributed by atoms with Crippen LogP contribution in [-0.2, 0) is 25.5 Å². The van der Waals surface area contributed by atoms with Crippen LogP contribution in [0.15, 0.2) is 54.4 Å². The highest BCUT2D eigenvalue weighted by Crippen LogP contribution is 2.48. The van der Waals surface area contributed by atoms with Crippen LogP contribution in [-0.4, -0.2) is 41.5 Å². The molecular formula is C27H29F3N4O4. The van der Waals surface area contributed by atoms with Crippen LogP contribution in [0.3, 0.4) is 0 Å². The van der Waals surface area contributed by atoms with Crippen molar-refractivity contribution in [3.63, 3.8) is 0 Å². The summed E-state index contributed by atoms with van der Waals surface area (Å²) in [5.74, 6) is -2.36. The van der Waals surface area contributed by atoms with Crippen molar-refractivity contribution in [3.05, 3.63) is 59.9 Å². The van der Waals surface area contributed by atoms with E-state index in [0.717, 1.165) is 43.4 Å². The predicted octanol–water partition coefficient (Wildman–Crippen LogP) is 4.81. The topological polar surface area (TPSA) is 109 Å². The number of benzene rings is 1. The lowest BCUT2D eigenvalue weighted by Crippen LogP contribution is -2.52. The van der Waals surface area contributed by atoms with Gasteiger partial charge in [-0.05, 0) is 49.6 Å². The van der Waals surface area contributed by atoms with E-state index in [4.69, 9.17) is 4.74 Å². The number of nitrogens with zero attached hydrogens (tertiary/aromatic N) is 1. The maximum atomic E-state index is 12.7. The first-order valence-electron chi connectivity index (χ1n) is 12.5. The summed E-state index contributed by atoms with van der Waals surface area (Å²) in [5.41, 5.74) is 1.48. The molecule has 1 aromatic carbocycles. The van der Waals surface area contributed by atoms with E-state index in [1.807, 2.05) is 5.32 Å². The number of anilines is 3. The number of ether oxygens (including phenoxy) is 1. The summed E-state index contributed by atoms with van der Waals surface area (Å²) in [6.07, 6.45) is 2.83. The number of aromatic nitrogens is 1. The third-order valence-corrected chi connectivity index (χ3v) is 6.84. The second-order valence-electron chi connectivity index (χ2n) is 9.39. The van der Waals surface area contributed by atoms with Gasteiger partial charge in [0.25, 0.3) is 0 Å². The summed E-state index contributed by atoms with van der Waals surface area (Å²) >= 11 is 0. The van der Waals surface area contributed by atoms with Crippen LogP contribution < -0.4 is 16.0 Å². The summed E-state index contributed by atoms with van der Waals surface area (Å²) < 4.78 is 43.3. The average molecular weight is 531 g/mol. The SMILES string of the molecule is CCOC(=O)[C@H](Cc1ccc(Nc2ncccc2NC(=O)C(F)(F)F)cc1)NC1=CC(=O)C12CCCCC2. The zero-order chi connectivity index (χ0) is 27.3. The minimum absolute atomic E-state index is 0.0447. The van der Waals surface area contributed by atoms with Crippen LogP contribution in [0.4, 0.5) is 30.4 Å². The van der Waals surface area contributed by atoms with Crippen LogP contribution in [0, 0.1) is 5.41 Å². The minimum atomic E-state index is -5.03. The van der Waals surface area contributed by atoms with Crippen LogP contribution in [0.5, 0.6) is 0 Å². The average Bonchev–Trinajstić information content (AvgIpc) is 2.90. The molecule has 1 fully saturated rings. The van der Waals surface area contributed by atoms with Gasteiger partial charge in [0.05, 0.1) is 17.7 Å². The Hall–Kier alpha value is -3.89. The first-order chi connectivity index (χ1) is 18.1. The van der Waals surface area contributed by atoms with Crippen LogP contribution in [0.25, 0.3) is 0 Å². The van der Waals surface area contributed by atoms with Crippen molar-refractivity contribution in [1.82, 2.24) is 10.3 Å². The third-order valence-electron chi connectivity index (χ3n) is 6.84. The van der Waals surface area contributed by atoms with Gasteiger partial charge in [-0.25, -0.2) is 9.78 Å². The summed E-state index contributed by atoms with van der Waals surface area (Å²) in [6, 6.07) is 8.94. The van der Waals surface area contributed by atoms with Crippen molar-refractivity contribution in [1.29, 1.82) is 0 Å². The fourth-order valence-electron chi connectivity index (χ4n) is 4.83. The van der Waals surface area contributed by atoms with E-state index in [9.17, 15) is 27.6 Å². The van der Waals surface area contributed by atoms with Crippen LogP contribution in [0.2, 0.25) is 0 Å². The lowest BCUT2D eigenvalue weighted by Gasteiger charge is -2.44. The number of esters is 1. The Labute approximate surface area is 218 Å². The molecule has 0 unspecified atom stereocenters. The fraction of sp³-hybridized carbons (Fsp3) is 0.407. The largest absolute Gasteiger partial charge is 0.471 e. The molecule has 3 N–H and O–H groups in total. The van der Waals surface area contributed by atoms with Gasteiger partial charge in [-0.2, -0.15) is 13.2 Å². The molecule has 1 amide bonds. The van der Waals surface area contributed by atoms with Crippen molar-refractivity contribution in [2.24, 2.45) is 5.41 Å². The molecule has 202 valence electrons. The Balaban J connectivity index is 1.45. The number of hydrogen-bond acceptors (Lipinski definition) is 7. The molecule has 38 heavy (non-hydrogen) atoms. The molecule has 1 aromatic heterocycles. The molecule has 0 aliphatic heterocycles. The van der Waals surface area contributed by atoms with Gasteiger partial charge in [-0.3, -0.25) is 9.59 Å². The summed E-state index contributed by atoms with van der Waals surface area (Å²) in [4.78, 5) is 40.6. The molecule has 2 aromatic rings. The number of nitrogens with one attached hydrogen (secondary N) is 3. The van der Waals surface area contributed by atoms with Gasteiger partial charge in [0.15, 0.2) is 11.6 Å². The Morgan fingerprint density at radius 2 is 1.82 bits per heavy atom. The lowest BCUT2D eigenvalue weighted by atomic mass is 9.62. The summed E-state index contributed by atoms with van der Waals surface area (Å²) in [6.45, 7) is 1.95. The molecular weight excluding hydrogens is 501 g/mol. The van der Waals surface area contributed by atoms with Crippen molar-refractivity contribution in [2.75, 3.05) is 17.2 Å². The quantitative estimate of drug-likeness (QED) is 0.400. The number of halogens is 3. The maximum absolute atomic E-state index is 12.7. The number of pyridine rings is 1. The number of amides is 1. The van der Waals surface area contributed by atoms with Crippen molar-refractivity contribution >= 4 is 34.9 Å². The van der Waals surface area contributed by atoms with Gasteiger partial charge in [0, 0.05) is 30.1 Å². The highest BCUT2D eigenvalue weighted by molar-refractivity contribution is 6.05. The molecule has 2 aliphatic carbocycles. The van der Waals surface area contributed by atoms with E-state index >= 15 is 0 Å². The standard InChI is InChI=1S/C27H29F3N4O4/c1-2-38-24(36)20(33-21-16-22(35)26(21)12-4-3-5-13-26)15-17-8-10-18(11-9-17)32-23-19(7-6-14-31-23)34-25(37)27(28,29)30/h6-11,14,16,20,33H,2-5,12-13,15H2,1H3,(H,31,32)(H,34,37)/t20-/m0/s1. The molecule has 8 nitrogen and oxygen atoms in total. The number of ketones is 1. The zero-order valence-electron chi connectivity index (χ0n) is 20.9. The summed E-state index contributed by atoms with van der Waals surface area (Å²) in [5, 5.41) is 7.99. The molecule has 1 atom stereocenters. The highest BCUT2D eigenvalue weighted by Gasteiger charge is 2.49. The predicted molar refractivity (Wildman–Crippen MR) is 135 cm³/mol. The molecule has 0 bridgehead atoms. The van der Waals surface area contributed by atoms with Crippen molar-refractivity contribution < 1.29 is 32.3 Å². The molecule has 1 heterocycles. The van der Waals surface area contributed by atoms with Crippen LogP contribution >= 0.6 is 0 Å². The molecule has 4 rings (SSSR count). The van der Waals surface area contributed by atoms with Gasteiger partial charge >= 0.3 is 18.1 Å². The molecule has 2 aliphatic rings. The van der Waals surface area contributed by atoms with Gasteiger partial charge < -0.3 is 20.7 Å². The van der Waals surface area contributed by atoms with E-state index in [2.05, 4.69) is 15.6 Å². The fourth-order valence-corrected chi connectivity index (χ4v) is 4.83. The number of hydrogen-bond donors (Lipinski definition) is 3. The number of rotatable bonds is 9. The number of alkyl halides is 3. The highest BCUT2D eigenvalue weighted by atomic mass is 19.4. The van der Waals surface area contributed by atoms with E-state index < -0.39 is 29.5 Å². The Morgan fingerprint density at radius 3 is 2.45 bits per heavy atom. The normalized spacial score (nSPS) is 17.2. The van der Waals surface area contributed by atoms with Gasteiger partial charge in [0.2, 0.25) is 0 Å². The summed E-state index contributed by atoms with van der Waals surface area (Å²) in [7, 11) is 0. The first-order valence-corrected chi connectivity index (χ1v) is 12.5. The van der Waals surface area contributed by atoms with E-state index in [1.54, 1.807) is 37.3 Å². The number of allylic oxidation sites excluding steroid dienone is 2. The van der Waals surface area contributed by atoms with Gasteiger partial charge in [-0.1, -0.05) is 31.4 Å². The number of carbonyl (C=O) groups excluding carboxylic acids is 3. The van der Waals surface area contributed by atoms with Crippen molar-refractivity contribution in [2.45, 2.75) is 57.7 Å². The molecule has 0 radical (unpaired) electrons. The lowest BCUT2D eigenvalue weighted by molar-refractivity contribution is -0.167. The second-order valence-corrected chi connectivity index (χ2v) is 9.39. The molecule has 1 saturated carbocycles. The Kier molecular flexibility index (Phi) is 8.03. The number of carbonyl (C=O) groups is 3. The third kappa shape index (κ3) is 5.98.